The SMILES string of the molecule is C.C.C.C.CC(C)(COC(=O)C(F)(F)SOO[O-])C(=O)OC1C2CC3C(=O)OC1C3C2.CC(COC(=O)C(F)(F)SOO[O-])C(=O)OC1C2CC3C(=O)OC1C3C2.O=C(COC(=O)C(F)(F)SOO[O-])OC1C2CC3C(=O)OC1C3C2.O=C(COC(=O)C(F)(F)SOO[O-])OC1C2CC3C(=O)OC1C3C2.O=C(COC(=O)C(F)(F)SOO[O-])OC1CCC2CC1OC2=O.O=C(COC(=O)C(F)(F)SOO[O-])OC1CCCOC1=O. The van der Waals surface area contributed by atoms with Crippen molar-refractivity contribution in [3.05, 3.63) is 0 Å². The fourth-order valence-corrected chi connectivity index (χ4v) is 19.7. The molecule has 0 spiro atoms. The molecule has 149 heavy (non-hydrogen) atoms. The molecule has 6 aliphatic heterocycles. The van der Waals surface area contributed by atoms with Crippen molar-refractivity contribution in [2.45, 2.75) is 233 Å². The molecule has 15 fully saturated rings. The number of hydrogen-bond donors (Lipinski definition) is 0. The van der Waals surface area contributed by atoms with Gasteiger partial charge in [0.2, 0.25) is 0 Å². The maximum Gasteiger partial charge on any atom is 0.415 e. The number of esters is 18. The van der Waals surface area contributed by atoms with Crippen LogP contribution in [0.15, 0.2) is 0 Å². The molecule has 0 N–H and O–H groups in total. The minimum atomic E-state index is -4.26. The lowest BCUT2D eigenvalue weighted by Gasteiger charge is -2.30. The Morgan fingerprint density at radius 3 is 0.960 bits per heavy atom. The van der Waals surface area contributed by atoms with Crippen LogP contribution in [0, 0.1) is 88.3 Å². The van der Waals surface area contributed by atoms with Gasteiger partial charge in [-0.3, -0.25) is 63.8 Å². The van der Waals surface area contributed by atoms with E-state index in [2.05, 4.69) is 94.1 Å². The highest BCUT2D eigenvalue weighted by Gasteiger charge is 2.68. The van der Waals surface area contributed by atoms with Gasteiger partial charge in [0.25, 0.3) is 0 Å². The third-order valence-corrected chi connectivity index (χ3v) is 27.4. The molecule has 6 saturated heterocycles. The average Bonchev–Trinajstić information content (AvgIpc) is 1.58. The van der Waals surface area contributed by atoms with Gasteiger partial charge in [-0.05, 0) is 97.8 Å². The normalized spacial score (nSPS) is 29.1. The van der Waals surface area contributed by atoms with Crippen LogP contribution < -0.4 is 31.5 Å². The summed E-state index contributed by atoms with van der Waals surface area (Å²) in [5.41, 5.74) is -1.42. The highest BCUT2D eigenvalue weighted by molar-refractivity contribution is 7.97. The van der Waals surface area contributed by atoms with Crippen molar-refractivity contribution >= 4 is 180 Å². The van der Waals surface area contributed by atoms with Crippen LogP contribution in [-0.2, 0) is 228 Å². The maximum absolute atomic E-state index is 13.3. The molecule has 15 rings (SSSR count). The monoisotopic (exact) mass is 2300 g/mol. The van der Waals surface area contributed by atoms with Crippen LogP contribution in [-0.4, -0.2) is 252 Å². The summed E-state index contributed by atoms with van der Waals surface area (Å²) in [7, 11) is 0. The van der Waals surface area contributed by atoms with Gasteiger partial charge in [0, 0.05) is 53.8 Å². The second-order valence-electron chi connectivity index (χ2n) is 33.8. The van der Waals surface area contributed by atoms with Gasteiger partial charge in [-0.2, -0.15) is 78.7 Å². The molecule has 848 valence electrons. The van der Waals surface area contributed by atoms with Gasteiger partial charge >= 0.3 is 139 Å². The first-order chi connectivity index (χ1) is 68.2. The van der Waals surface area contributed by atoms with Gasteiger partial charge in [-0.1, -0.05) is 29.7 Å². The minimum Gasteiger partial charge on any atom is -0.691 e. The molecule has 9 saturated carbocycles. The molecule has 0 aromatic heterocycles. The third kappa shape index (κ3) is 32.8. The van der Waals surface area contributed by atoms with Crippen LogP contribution in [0.2, 0.25) is 0 Å². The zero-order valence-electron chi connectivity index (χ0n) is 73.1. The Kier molecular flexibility index (Phi) is 48.1. The Balaban J connectivity index is 0.000000272. The second kappa shape index (κ2) is 55.7. The maximum atomic E-state index is 13.3. The number of carbonyl (C=O) groups excluding carboxylic acids is 18. The van der Waals surface area contributed by atoms with Crippen LogP contribution in [0.25, 0.3) is 0 Å². The molecular weight excluding hydrogens is 2210 g/mol. The first kappa shape index (κ1) is 129. The van der Waals surface area contributed by atoms with Crippen LogP contribution in [0.5, 0.6) is 0 Å². The zero-order valence-corrected chi connectivity index (χ0v) is 78.0. The molecule has 72 heteroatoms. The Hall–Kier alpha value is -9.00. The largest absolute Gasteiger partial charge is 0.691 e. The van der Waals surface area contributed by atoms with Gasteiger partial charge in [0.1, 0.15) is 147 Å². The Morgan fingerprint density at radius 1 is 0.342 bits per heavy atom. The van der Waals surface area contributed by atoms with Crippen molar-refractivity contribution in [1.29, 1.82) is 0 Å². The number of fused-ring (bicyclic) bond motifs is 6. The van der Waals surface area contributed by atoms with Crippen molar-refractivity contribution in [3.8, 4) is 0 Å². The highest BCUT2D eigenvalue weighted by atomic mass is 32.2. The fraction of sp³-hybridized carbons (Fsp3) is 0.766. The average molecular weight is 2300 g/mol. The summed E-state index contributed by atoms with van der Waals surface area (Å²) in [6, 6.07) is 0. The zero-order chi connectivity index (χ0) is 107. The van der Waals surface area contributed by atoms with E-state index in [0.717, 1.165) is 12.8 Å². The summed E-state index contributed by atoms with van der Waals surface area (Å²) in [5, 5.41) is 47.8. The Morgan fingerprint density at radius 2 is 0.638 bits per heavy atom. The summed E-state index contributed by atoms with van der Waals surface area (Å²) in [6.07, 6.45) is 0.311. The molecular formula is C77H90F12O54S6-6. The van der Waals surface area contributed by atoms with E-state index < -0.39 is 300 Å². The Bertz CT molecular complexity index is 4600. The number of rotatable bonds is 44. The van der Waals surface area contributed by atoms with E-state index in [4.69, 9.17) is 47.4 Å². The van der Waals surface area contributed by atoms with E-state index in [9.17, 15) is 171 Å². The lowest BCUT2D eigenvalue weighted by molar-refractivity contribution is -0.777. The molecule has 9 aliphatic carbocycles. The van der Waals surface area contributed by atoms with Crippen LogP contribution in [0.3, 0.4) is 0 Å². The molecule has 54 nitrogen and oxygen atoms in total. The number of alkyl halides is 12. The minimum absolute atomic E-state index is 0. The summed E-state index contributed by atoms with van der Waals surface area (Å²) in [4.78, 5) is 207. The van der Waals surface area contributed by atoms with Crippen molar-refractivity contribution < 1.29 is 312 Å². The van der Waals surface area contributed by atoms with E-state index in [1.807, 2.05) is 0 Å². The number of ether oxygens (including phenoxy) is 18. The number of halogens is 12. The van der Waals surface area contributed by atoms with Gasteiger partial charge in [-0.25, -0.2) is 52.7 Å². The third-order valence-electron chi connectivity index (χ3n) is 24.4. The molecule has 0 amide bonds. The molecule has 10 bridgehead atoms. The highest BCUT2D eigenvalue weighted by Crippen LogP contribution is 2.60. The van der Waals surface area contributed by atoms with Gasteiger partial charge in [0.15, 0.2) is 32.5 Å². The van der Waals surface area contributed by atoms with Crippen molar-refractivity contribution in [2.75, 3.05) is 46.2 Å². The van der Waals surface area contributed by atoms with Crippen LogP contribution in [0.1, 0.15) is 134 Å². The van der Waals surface area contributed by atoms with Crippen molar-refractivity contribution in [1.82, 2.24) is 0 Å². The summed E-state index contributed by atoms with van der Waals surface area (Å²) in [6.45, 7) is -1.38. The van der Waals surface area contributed by atoms with E-state index in [0.29, 0.717) is 64.2 Å². The lowest BCUT2D eigenvalue weighted by atomic mass is 9.87. The molecule has 15 aliphatic rings. The van der Waals surface area contributed by atoms with Gasteiger partial charge in [0.05, 0.1) is 47.5 Å². The van der Waals surface area contributed by atoms with E-state index in [1.165, 1.54) is 20.8 Å². The van der Waals surface area contributed by atoms with Crippen LogP contribution in [0.4, 0.5) is 52.7 Å². The lowest BCUT2D eigenvalue weighted by Crippen LogP contribution is -2.42. The molecule has 0 radical (unpaired) electrons. The van der Waals surface area contributed by atoms with E-state index in [-0.39, 0.29) is 150 Å². The van der Waals surface area contributed by atoms with Crippen molar-refractivity contribution in [2.24, 2.45) is 88.3 Å². The molecule has 6 heterocycles. The first-order valence-corrected chi connectivity index (χ1v) is 46.2. The number of hydrogen-bond acceptors (Lipinski definition) is 60. The Labute approximate surface area is 855 Å². The summed E-state index contributed by atoms with van der Waals surface area (Å²) in [5.74, 6) is -22.3. The second-order valence-corrected chi connectivity index (χ2v) is 38.7. The quantitative estimate of drug-likeness (QED) is 0.0205. The molecule has 0 aromatic rings. The van der Waals surface area contributed by atoms with Gasteiger partial charge < -0.3 is 117 Å². The first-order valence-electron chi connectivity index (χ1n) is 41.7. The van der Waals surface area contributed by atoms with Crippen LogP contribution >= 0.6 is 72.3 Å². The summed E-state index contributed by atoms with van der Waals surface area (Å²) < 4.78 is 264. The molecule has 25 unspecified atom stereocenters. The predicted molar refractivity (Wildman–Crippen MR) is 429 cm³/mol. The van der Waals surface area contributed by atoms with E-state index >= 15 is 0 Å². The number of carbonyl (C=O) groups is 18. The smallest absolute Gasteiger partial charge is 0.415 e. The standard InChI is InChI=1S/C15H18F2O9S.C14H16F2O9S.2C12H12F2O9S.C11H12F2O9S.C9H10F2O9S.4CH4/c1-14(2,5-22-13(20)15(16,17)27-26-25-21)12(19)24-9-6-3-7-8(4-6)11(18)23-10(7)9;1-5(4-21-13(19)14(15,16)26-25-24-20)11(17)22-9-6-2-7-8(3-6)12(18)23-10(7)9;2*13-12(14,24-23-22-18)11(17)19-3-7(15)20-8-4-1-5-6(2-4)10(16)21-9(5)8;12-11(13,23-22-21-17)10(16)18-4-8(14)19-6-2-1-5-3-7(6)20-9(5)15;10-9(11,21-20-19-15)8(14)17-4-6(12)18-5-2-1-3-16-7(5)13;;;;/h6-10,21H,3-5H2,1-2H3;5-10,20H,2-4H2,1H3;2*4-6,8-9,18H,1-3H2;5-7,17H,1-4H2;5,15H,1-4H2;4*1H4/p-6. The van der Waals surface area contributed by atoms with E-state index in [1.54, 1.807) is 0 Å². The fourth-order valence-electron chi connectivity index (χ4n) is 18.3. The van der Waals surface area contributed by atoms with Gasteiger partial charge in [-0.15, -0.1) is 0 Å². The van der Waals surface area contributed by atoms with Crippen molar-refractivity contribution in [3.63, 3.8) is 0 Å². The topological polar surface area (TPSA) is 723 Å². The summed E-state index contributed by atoms with van der Waals surface area (Å²) >= 11 is -5.12. The molecule has 0 aromatic carbocycles. The predicted octanol–water partition coefficient (Wildman–Crippen LogP) is 1.03. The number of cyclic esters (lactones) is 1. The molecule has 25 atom stereocenters.